The summed E-state index contributed by atoms with van der Waals surface area (Å²) in [5.41, 5.74) is 1.71. The fourth-order valence-corrected chi connectivity index (χ4v) is 2.13. The average molecular weight is 299 g/mol. The van der Waals surface area contributed by atoms with Gasteiger partial charge >= 0.3 is 0 Å². The molecule has 0 bridgehead atoms. The number of carbonyl (C=O) groups is 1. The van der Waals surface area contributed by atoms with Gasteiger partial charge in [-0.2, -0.15) is 0 Å². The van der Waals surface area contributed by atoms with Crippen LogP contribution in [0.5, 0.6) is 11.5 Å². The number of hydrogen-bond donors (Lipinski definition) is 0. The van der Waals surface area contributed by atoms with Gasteiger partial charge in [0, 0.05) is 24.4 Å². The molecule has 22 heavy (non-hydrogen) atoms. The van der Waals surface area contributed by atoms with Gasteiger partial charge in [-0.05, 0) is 42.7 Å². The highest BCUT2D eigenvalue weighted by Gasteiger charge is 2.09. The number of ketones is 1. The van der Waals surface area contributed by atoms with Gasteiger partial charge < -0.3 is 9.47 Å². The minimum Gasteiger partial charge on any atom is -0.493 e. The lowest BCUT2D eigenvalue weighted by atomic mass is 10.0. The molecule has 0 aliphatic carbocycles. The van der Waals surface area contributed by atoms with E-state index in [0.717, 1.165) is 23.5 Å². The van der Waals surface area contributed by atoms with Crippen molar-refractivity contribution in [3.8, 4) is 11.5 Å². The van der Waals surface area contributed by atoms with Crippen LogP contribution in [0.2, 0.25) is 0 Å². The lowest BCUT2D eigenvalue weighted by Gasteiger charge is -2.11. The van der Waals surface area contributed by atoms with E-state index in [4.69, 9.17) is 9.47 Å². The molecule has 4 nitrogen and oxygen atoms in total. The Hall–Kier alpha value is -2.36. The van der Waals surface area contributed by atoms with Crippen LogP contribution in [0.25, 0.3) is 0 Å². The van der Waals surface area contributed by atoms with Crippen LogP contribution in [0.3, 0.4) is 0 Å². The second-order valence-corrected chi connectivity index (χ2v) is 5.00. The van der Waals surface area contributed by atoms with Gasteiger partial charge in [-0.1, -0.05) is 13.0 Å². The van der Waals surface area contributed by atoms with Crippen LogP contribution in [-0.4, -0.2) is 24.5 Å². The summed E-state index contributed by atoms with van der Waals surface area (Å²) < 4.78 is 11.0. The van der Waals surface area contributed by atoms with Crippen molar-refractivity contribution in [2.45, 2.75) is 26.2 Å². The lowest BCUT2D eigenvalue weighted by Crippen LogP contribution is -2.02. The first-order valence-electron chi connectivity index (χ1n) is 7.47. The zero-order valence-electron chi connectivity index (χ0n) is 13.0. The molecular formula is C18H21NO3. The van der Waals surface area contributed by atoms with Crippen LogP contribution in [0.15, 0.2) is 42.7 Å². The van der Waals surface area contributed by atoms with E-state index < -0.39 is 0 Å². The molecule has 1 aromatic carbocycles. The number of nitrogens with zero attached hydrogens (tertiary/aromatic N) is 1. The molecule has 1 aromatic heterocycles. The molecule has 116 valence electrons. The van der Waals surface area contributed by atoms with Crippen molar-refractivity contribution in [1.29, 1.82) is 0 Å². The summed E-state index contributed by atoms with van der Waals surface area (Å²) in [7, 11) is 1.62. The molecule has 0 unspecified atom stereocenters. The Labute approximate surface area is 131 Å². The van der Waals surface area contributed by atoms with Crippen molar-refractivity contribution < 1.29 is 14.3 Å². The second kappa shape index (κ2) is 8.17. The van der Waals surface area contributed by atoms with Gasteiger partial charge in [0.2, 0.25) is 0 Å². The molecule has 0 saturated carbocycles. The molecule has 0 fully saturated rings. The number of Topliss-reactive ketones (excluding diaryl/α,β-unsaturated/α-hetero) is 1. The normalized spacial score (nSPS) is 10.3. The first-order chi connectivity index (χ1) is 10.7. The Morgan fingerprint density at radius 2 is 2.09 bits per heavy atom. The van der Waals surface area contributed by atoms with E-state index in [-0.39, 0.29) is 5.78 Å². The highest BCUT2D eigenvalue weighted by molar-refractivity contribution is 5.95. The molecule has 1 heterocycles. The van der Waals surface area contributed by atoms with Crippen molar-refractivity contribution in [2.24, 2.45) is 0 Å². The van der Waals surface area contributed by atoms with Crippen molar-refractivity contribution in [1.82, 2.24) is 4.98 Å². The molecule has 0 atom stereocenters. The Kier molecular flexibility index (Phi) is 5.95. The van der Waals surface area contributed by atoms with Crippen LogP contribution in [-0.2, 0) is 6.42 Å². The standard InChI is InChI=1S/C18H21NO3/c1-3-11-22-18-12-14(7-9-17(18)21-2)6-8-16(20)15-5-4-10-19-13-15/h4-5,7,9-10,12-13H,3,6,8,11H2,1-2H3. The minimum atomic E-state index is 0.0972. The second-order valence-electron chi connectivity index (χ2n) is 5.00. The molecule has 0 N–H and O–H groups in total. The van der Waals surface area contributed by atoms with E-state index in [1.54, 1.807) is 31.6 Å². The Morgan fingerprint density at radius 3 is 2.77 bits per heavy atom. The predicted octanol–water partition coefficient (Wildman–Crippen LogP) is 3.69. The van der Waals surface area contributed by atoms with Gasteiger partial charge in [0.15, 0.2) is 17.3 Å². The molecule has 2 rings (SSSR count). The van der Waals surface area contributed by atoms with Crippen LogP contribution >= 0.6 is 0 Å². The number of carbonyl (C=O) groups excluding carboxylic acids is 1. The summed E-state index contributed by atoms with van der Waals surface area (Å²) >= 11 is 0. The monoisotopic (exact) mass is 299 g/mol. The van der Waals surface area contributed by atoms with Crippen molar-refractivity contribution in [3.05, 3.63) is 53.9 Å². The molecule has 0 amide bonds. The minimum absolute atomic E-state index is 0.0972. The van der Waals surface area contributed by atoms with Crippen molar-refractivity contribution in [2.75, 3.05) is 13.7 Å². The predicted molar refractivity (Wildman–Crippen MR) is 85.7 cm³/mol. The van der Waals surface area contributed by atoms with Crippen LogP contribution < -0.4 is 9.47 Å². The molecule has 0 spiro atoms. The van der Waals surface area contributed by atoms with Gasteiger partial charge in [-0.3, -0.25) is 9.78 Å². The zero-order chi connectivity index (χ0) is 15.8. The quantitative estimate of drug-likeness (QED) is 0.697. The van der Waals surface area contributed by atoms with Gasteiger partial charge in [0.25, 0.3) is 0 Å². The van der Waals surface area contributed by atoms with Gasteiger partial charge in [0.05, 0.1) is 13.7 Å². The maximum atomic E-state index is 12.1. The molecule has 0 aliphatic heterocycles. The molecule has 4 heteroatoms. The fraction of sp³-hybridized carbons (Fsp3) is 0.333. The summed E-state index contributed by atoms with van der Waals surface area (Å²) in [4.78, 5) is 16.1. The average Bonchev–Trinajstić information content (AvgIpc) is 2.58. The van der Waals surface area contributed by atoms with E-state index in [9.17, 15) is 4.79 Å². The number of methoxy groups -OCH3 is 1. The number of ether oxygens (including phenoxy) is 2. The van der Waals surface area contributed by atoms with Crippen LogP contribution in [0.4, 0.5) is 0 Å². The number of aromatic nitrogens is 1. The van der Waals surface area contributed by atoms with Crippen molar-refractivity contribution >= 4 is 5.78 Å². The topological polar surface area (TPSA) is 48.4 Å². The molecule has 0 radical (unpaired) electrons. The highest BCUT2D eigenvalue weighted by atomic mass is 16.5. The number of pyridine rings is 1. The van der Waals surface area contributed by atoms with E-state index in [0.29, 0.717) is 25.0 Å². The number of benzene rings is 1. The lowest BCUT2D eigenvalue weighted by molar-refractivity contribution is 0.0982. The molecule has 0 saturated heterocycles. The summed E-state index contributed by atoms with van der Waals surface area (Å²) in [5.74, 6) is 1.55. The maximum Gasteiger partial charge on any atom is 0.164 e. The zero-order valence-corrected chi connectivity index (χ0v) is 13.0. The third-order valence-electron chi connectivity index (χ3n) is 3.31. The Balaban J connectivity index is 2.02. The first-order valence-corrected chi connectivity index (χ1v) is 7.47. The fourth-order valence-electron chi connectivity index (χ4n) is 2.13. The number of hydrogen-bond acceptors (Lipinski definition) is 4. The third-order valence-corrected chi connectivity index (χ3v) is 3.31. The summed E-state index contributed by atoms with van der Waals surface area (Å²) in [6.07, 6.45) is 5.32. The molecular weight excluding hydrogens is 278 g/mol. The Morgan fingerprint density at radius 1 is 1.23 bits per heavy atom. The summed E-state index contributed by atoms with van der Waals surface area (Å²) in [6, 6.07) is 9.37. The first kappa shape index (κ1) is 16.0. The molecule has 0 aliphatic rings. The number of rotatable bonds is 8. The largest absolute Gasteiger partial charge is 0.493 e. The molecule has 2 aromatic rings. The van der Waals surface area contributed by atoms with Gasteiger partial charge in [-0.25, -0.2) is 0 Å². The smallest absolute Gasteiger partial charge is 0.164 e. The van der Waals surface area contributed by atoms with E-state index in [2.05, 4.69) is 11.9 Å². The maximum absolute atomic E-state index is 12.1. The van der Waals surface area contributed by atoms with E-state index >= 15 is 0 Å². The van der Waals surface area contributed by atoms with Crippen molar-refractivity contribution in [3.63, 3.8) is 0 Å². The number of aryl methyl sites for hydroxylation is 1. The van der Waals surface area contributed by atoms with Crippen LogP contribution in [0.1, 0.15) is 35.7 Å². The summed E-state index contributed by atoms with van der Waals surface area (Å²) in [5, 5.41) is 0. The summed E-state index contributed by atoms with van der Waals surface area (Å²) in [6.45, 7) is 2.71. The third kappa shape index (κ3) is 4.32. The van der Waals surface area contributed by atoms with Gasteiger partial charge in [0.1, 0.15) is 0 Å². The van der Waals surface area contributed by atoms with Gasteiger partial charge in [-0.15, -0.1) is 0 Å². The van der Waals surface area contributed by atoms with E-state index in [1.165, 1.54) is 0 Å². The Bertz CT molecular complexity index is 611. The van der Waals surface area contributed by atoms with E-state index in [1.807, 2.05) is 18.2 Å². The SMILES string of the molecule is CCCOc1cc(CCC(=O)c2cccnc2)ccc1OC. The highest BCUT2D eigenvalue weighted by Crippen LogP contribution is 2.28. The van der Waals surface area contributed by atoms with Crippen LogP contribution in [0, 0.1) is 0 Å².